The lowest BCUT2D eigenvalue weighted by Gasteiger charge is -2.21. The van der Waals surface area contributed by atoms with Gasteiger partial charge in [-0.1, -0.05) is 84.9 Å². The van der Waals surface area contributed by atoms with Crippen LogP contribution in [0.4, 0.5) is 5.69 Å². The number of rotatable bonds is 9. The van der Waals surface area contributed by atoms with E-state index in [1.165, 1.54) is 6.08 Å². The number of nitrogens with one attached hydrogen (secondary N) is 3. The molecule has 0 saturated heterocycles. The highest BCUT2D eigenvalue weighted by Gasteiger charge is 2.22. The number of hydrogen-bond acceptors (Lipinski definition) is 4. The molecule has 4 aromatic rings. The predicted octanol–water partition coefficient (Wildman–Crippen LogP) is 6.61. The second-order valence-electron chi connectivity index (χ2n) is 10.1. The molecule has 0 radical (unpaired) electrons. The standard InChI is InChI=1S/C32H33N3O2S/c1-32(2,3)35-38-29-19-11-16-25-26(29)17-10-18-27(25)34-31(37)28(22-24-14-8-5-9-15-24)33-30(36)21-20-23-12-6-4-7-13-23/h4-21,28,35H,22H2,1-3H3,(H,33,36)(H,34,37)/b21-20+/t28-/m0/s1. The molecule has 4 aromatic carbocycles. The molecule has 194 valence electrons. The molecule has 0 aromatic heterocycles. The second-order valence-corrected chi connectivity index (χ2v) is 10.9. The van der Waals surface area contributed by atoms with Crippen LogP contribution in [-0.4, -0.2) is 23.4 Å². The summed E-state index contributed by atoms with van der Waals surface area (Å²) in [5, 5.41) is 7.96. The van der Waals surface area contributed by atoms with Crippen molar-refractivity contribution in [1.82, 2.24) is 10.0 Å². The molecule has 1 atom stereocenters. The molecule has 0 aliphatic rings. The molecule has 0 fully saturated rings. The number of benzene rings is 4. The molecule has 4 rings (SSSR count). The Morgan fingerprint density at radius 2 is 1.47 bits per heavy atom. The van der Waals surface area contributed by atoms with Gasteiger partial charge in [0.05, 0.1) is 0 Å². The Kier molecular flexibility index (Phi) is 9.00. The highest BCUT2D eigenvalue weighted by molar-refractivity contribution is 7.97. The van der Waals surface area contributed by atoms with E-state index in [0.29, 0.717) is 12.1 Å². The smallest absolute Gasteiger partial charge is 0.247 e. The van der Waals surface area contributed by atoms with Crippen LogP contribution in [-0.2, 0) is 16.0 Å². The third-order valence-corrected chi connectivity index (χ3v) is 7.04. The van der Waals surface area contributed by atoms with Gasteiger partial charge in [0.2, 0.25) is 11.8 Å². The van der Waals surface area contributed by atoms with Crippen LogP contribution in [0.15, 0.2) is 108 Å². The molecule has 38 heavy (non-hydrogen) atoms. The predicted molar refractivity (Wildman–Crippen MR) is 159 cm³/mol. The Balaban J connectivity index is 1.55. The van der Waals surface area contributed by atoms with Gasteiger partial charge in [-0.15, -0.1) is 0 Å². The Morgan fingerprint density at radius 3 is 2.18 bits per heavy atom. The van der Waals surface area contributed by atoms with Gasteiger partial charge in [-0.25, -0.2) is 0 Å². The molecule has 3 N–H and O–H groups in total. The van der Waals surface area contributed by atoms with Gasteiger partial charge in [0.25, 0.3) is 0 Å². The van der Waals surface area contributed by atoms with Crippen LogP contribution in [0.25, 0.3) is 16.8 Å². The van der Waals surface area contributed by atoms with Crippen LogP contribution >= 0.6 is 11.9 Å². The Bertz CT molecular complexity index is 1410. The molecule has 0 aliphatic heterocycles. The van der Waals surface area contributed by atoms with Crippen molar-refractivity contribution in [3.05, 3.63) is 114 Å². The quantitative estimate of drug-likeness (QED) is 0.170. The number of anilines is 1. The van der Waals surface area contributed by atoms with Crippen molar-refractivity contribution in [3.8, 4) is 0 Å². The van der Waals surface area contributed by atoms with Gasteiger partial charge in [0.1, 0.15) is 6.04 Å². The topological polar surface area (TPSA) is 70.2 Å². The second kappa shape index (κ2) is 12.6. The van der Waals surface area contributed by atoms with Crippen molar-refractivity contribution in [3.63, 3.8) is 0 Å². The SMILES string of the molecule is CC(C)(C)NSc1cccc2c(NC(=O)[C@H](Cc3ccccc3)NC(=O)/C=C/c3ccccc3)cccc12. The highest BCUT2D eigenvalue weighted by atomic mass is 32.2. The molecule has 0 aliphatic carbocycles. The maximum absolute atomic E-state index is 13.5. The summed E-state index contributed by atoms with van der Waals surface area (Å²) in [5.74, 6) is -0.594. The van der Waals surface area contributed by atoms with Gasteiger partial charge in [0.15, 0.2) is 0 Å². The molecule has 5 nitrogen and oxygen atoms in total. The molecule has 0 saturated carbocycles. The number of fused-ring (bicyclic) bond motifs is 1. The maximum Gasteiger partial charge on any atom is 0.247 e. The minimum Gasteiger partial charge on any atom is -0.340 e. The van der Waals surface area contributed by atoms with E-state index in [-0.39, 0.29) is 17.4 Å². The first-order valence-electron chi connectivity index (χ1n) is 12.6. The van der Waals surface area contributed by atoms with Crippen molar-refractivity contribution in [1.29, 1.82) is 0 Å². The van der Waals surface area contributed by atoms with E-state index in [1.54, 1.807) is 18.0 Å². The van der Waals surface area contributed by atoms with E-state index in [0.717, 1.165) is 26.8 Å². The zero-order chi connectivity index (χ0) is 27.0. The number of carbonyl (C=O) groups is 2. The van der Waals surface area contributed by atoms with E-state index < -0.39 is 6.04 Å². The van der Waals surface area contributed by atoms with Gasteiger partial charge in [-0.3, -0.25) is 14.3 Å². The van der Waals surface area contributed by atoms with E-state index in [2.05, 4.69) is 48.3 Å². The van der Waals surface area contributed by atoms with E-state index in [4.69, 9.17) is 0 Å². The lowest BCUT2D eigenvalue weighted by Crippen LogP contribution is -2.44. The minimum absolute atomic E-state index is 0.0452. The normalized spacial score (nSPS) is 12.4. The monoisotopic (exact) mass is 523 g/mol. The molecule has 0 bridgehead atoms. The van der Waals surface area contributed by atoms with Crippen LogP contribution in [0, 0.1) is 0 Å². The van der Waals surface area contributed by atoms with Crippen molar-refractivity contribution < 1.29 is 9.59 Å². The summed E-state index contributed by atoms with van der Waals surface area (Å²) < 4.78 is 3.46. The minimum atomic E-state index is -0.749. The highest BCUT2D eigenvalue weighted by Crippen LogP contribution is 2.32. The van der Waals surface area contributed by atoms with Crippen LogP contribution < -0.4 is 15.4 Å². The Morgan fingerprint density at radius 1 is 0.816 bits per heavy atom. The number of carbonyl (C=O) groups excluding carboxylic acids is 2. The van der Waals surface area contributed by atoms with Crippen LogP contribution in [0.5, 0.6) is 0 Å². The van der Waals surface area contributed by atoms with Crippen molar-refractivity contribution in [2.24, 2.45) is 0 Å². The summed E-state index contributed by atoms with van der Waals surface area (Å²) >= 11 is 1.58. The van der Waals surface area contributed by atoms with E-state index in [1.807, 2.05) is 84.9 Å². The Labute approximate surface area is 228 Å². The average Bonchev–Trinajstić information content (AvgIpc) is 2.91. The van der Waals surface area contributed by atoms with Crippen molar-refractivity contribution in [2.45, 2.75) is 43.7 Å². The number of hydrogen-bond donors (Lipinski definition) is 3. The average molecular weight is 524 g/mol. The summed E-state index contributed by atoms with van der Waals surface area (Å²) in [6, 6.07) is 30.5. The zero-order valence-corrected chi connectivity index (χ0v) is 22.7. The molecule has 0 spiro atoms. The summed E-state index contributed by atoms with van der Waals surface area (Å²) in [5.41, 5.74) is 2.54. The molecule has 2 amide bonds. The number of amides is 2. The zero-order valence-electron chi connectivity index (χ0n) is 21.9. The third-order valence-electron chi connectivity index (χ3n) is 5.75. The Hall–Kier alpha value is -3.87. The van der Waals surface area contributed by atoms with Crippen LogP contribution in [0.1, 0.15) is 31.9 Å². The van der Waals surface area contributed by atoms with Crippen molar-refractivity contribution in [2.75, 3.05) is 5.32 Å². The van der Waals surface area contributed by atoms with Crippen molar-refractivity contribution >= 4 is 46.3 Å². The molecular formula is C32H33N3O2S. The largest absolute Gasteiger partial charge is 0.340 e. The molecular weight excluding hydrogens is 490 g/mol. The fourth-order valence-electron chi connectivity index (χ4n) is 3.92. The van der Waals surface area contributed by atoms with Gasteiger partial charge < -0.3 is 10.6 Å². The lowest BCUT2D eigenvalue weighted by atomic mass is 10.0. The maximum atomic E-state index is 13.5. The van der Waals surface area contributed by atoms with Gasteiger partial charge in [0, 0.05) is 34.0 Å². The summed E-state index contributed by atoms with van der Waals surface area (Å²) in [4.78, 5) is 27.4. The lowest BCUT2D eigenvalue weighted by molar-refractivity contribution is -0.123. The molecule has 0 heterocycles. The van der Waals surface area contributed by atoms with Gasteiger partial charge in [-0.05, 0) is 67.4 Å². The van der Waals surface area contributed by atoms with Crippen LogP contribution in [0.3, 0.4) is 0 Å². The summed E-state index contributed by atoms with van der Waals surface area (Å²) in [7, 11) is 0. The fraction of sp³-hybridized carbons (Fsp3) is 0.188. The van der Waals surface area contributed by atoms with E-state index >= 15 is 0 Å². The molecule has 0 unspecified atom stereocenters. The first-order valence-corrected chi connectivity index (χ1v) is 13.4. The first-order chi connectivity index (χ1) is 18.3. The van der Waals surface area contributed by atoms with E-state index in [9.17, 15) is 9.59 Å². The summed E-state index contributed by atoms with van der Waals surface area (Å²) in [6.07, 6.45) is 3.57. The first kappa shape index (κ1) is 27.2. The fourth-order valence-corrected chi connectivity index (χ4v) is 4.77. The van der Waals surface area contributed by atoms with Crippen LogP contribution in [0.2, 0.25) is 0 Å². The van der Waals surface area contributed by atoms with Gasteiger partial charge in [-0.2, -0.15) is 0 Å². The van der Waals surface area contributed by atoms with Gasteiger partial charge >= 0.3 is 0 Å². The third kappa shape index (κ3) is 7.81. The summed E-state index contributed by atoms with van der Waals surface area (Å²) in [6.45, 7) is 6.35. The molecule has 6 heteroatoms.